The maximum Gasteiger partial charge on any atom is 0.238 e. The normalized spacial score (nSPS) is 21.5. The van der Waals surface area contributed by atoms with Gasteiger partial charge in [-0.3, -0.25) is 0 Å². The van der Waals surface area contributed by atoms with Crippen LogP contribution in [0.2, 0.25) is 0 Å². The molecule has 0 aliphatic carbocycles. The van der Waals surface area contributed by atoms with Crippen LogP contribution in [0.3, 0.4) is 0 Å². The summed E-state index contributed by atoms with van der Waals surface area (Å²) < 4.78 is 27.2. The number of benzene rings is 1. The zero-order chi connectivity index (χ0) is 9.47. The van der Waals surface area contributed by atoms with E-state index in [9.17, 15) is 8.42 Å². The summed E-state index contributed by atoms with van der Waals surface area (Å²) in [6.45, 7) is 0.576. The molecule has 0 saturated carbocycles. The molecule has 5 heteroatoms. The molecular formula is C8H9NO3S. The molecule has 1 unspecified atom stereocenters. The highest BCUT2D eigenvalue weighted by molar-refractivity contribution is 7.89. The number of ether oxygens (including phenoxy) is 1. The fourth-order valence-corrected chi connectivity index (χ4v) is 2.03. The van der Waals surface area contributed by atoms with Gasteiger partial charge in [-0.15, -0.1) is 0 Å². The van der Waals surface area contributed by atoms with Crippen LogP contribution in [0.4, 0.5) is 0 Å². The monoisotopic (exact) mass is 199 g/mol. The van der Waals surface area contributed by atoms with Crippen LogP contribution < -0.4 is 5.14 Å². The average molecular weight is 199 g/mol. The Morgan fingerprint density at radius 3 is 2.54 bits per heavy atom. The van der Waals surface area contributed by atoms with Gasteiger partial charge in [0.1, 0.15) is 6.10 Å². The zero-order valence-corrected chi connectivity index (χ0v) is 7.62. The molecule has 2 N–H and O–H groups in total. The predicted molar refractivity (Wildman–Crippen MR) is 46.5 cm³/mol. The quantitative estimate of drug-likeness (QED) is 0.701. The van der Waals surface area contributed by atoms with E-state index in [0.717, 1.165) is 0 Å². The van der Waals surface area contributed by atoms with Crippen molar-refractivity contribution in [3.05, 3.63) is 29.8 Å². The minimum Gasteiger partial charge on any atom is -0.368 e. The van der Waals surface area contributed by atoms with Gasteiger partial charge < -0.3 is 4.74 Å². The van der Waals surface area contributed by atoms with Gasteiger partial charge in [0, 0.05) is 5.56 Å². The number of primary sulfonamides is 1. The van der Waals surface area contributed by atoms with Crippen LogP contribution in [-0.4, -0.2) is 15.0 Å². The second-order valence-electron chi connectivity index (χ2n) is 2.90. The Hall–Kier alpha value is -0.910. The maximum absolute atomic E-state index is 11.1. The number of sulfonamides is 1. The number of nitrogens with two attached hydrogens (primary N) is 1. The fourth-order valence-electron chi connectivity index (χ4n) is 1.23. The second kappa shape index (κ2) is 2.80. The van der Waals surface area contributed by atoms with E-state index in [0.29, 0.717) is 12.2 Å². The number of hydrogen-bond donors (Lipinski definition) is 1. The Bertz CT molecular complexity index is 423. The molecular weight excluding hydrogens is 190 g/mol. The lowest BCUT2D eigenvalue weighted by molar-refractivity contribution is 0.412. The molecule has 1 atom stereocenters. The molecule has 13 heavy (non-hydrogen) atoms. The van der Waals surface area contributed by atoms with Crippen molar-refractivity contribution in [1.82, 2.24) is 0 Å². The minimum absolute atomic E-state index is 0.0884. The summed E-state index contributed by atoms with van der Waals surface area (Å²) in [6.07, 6.45) is -0.0884. The van der Waals surface area contributed by atoms with Crippen LogP contribution in [0, 0.1) is 0 Å². The molecule has 1 aliphatic heterocycles. The van der Waals surface area contributed by atoms with Crippen LogP contribution in [-0.2, 0) is 14.8 Å². The molecule has 1 aromatic rings. The summed E-state index contributed by atoms with van der Waals surface area (Å²) in [7, 11) is -3.62. The van der Waals surface area contributed by atoms with Crippen molar-refractivity contribution in [1.29, 1.82) is 0 Å². The Kier molecular flexibility index (Phi) is 1.87. The van der Waals surface area contributed by atoms with E-state index in [1.54, 1.807) is 18.2 Å². The van der Waals surface area contributed by atoms with E-state index in [1.165, 1.54) is 6.07 Å². The molecule has 0 spiro atoms. The minimum atomic E-state index is -3.62. The summed E-state index contributed by atoms with van der Waals surface area (Å²) in [5.74, 6) is 0. The van der Waals surface area contributed by atoms with E-state index in [2.05, 4.69) is 0 Å². The third-order valence-corrected chi connectivity index (χ3v) is 2.89. The van der Waals surface area contributed by atoms with Gasteiger partial charge in [-0.1, -0.05) is 18.2 Å². The Labute approximate surface area is 76.4 Å². The summed E-state index contributed by atoms with van der Waals surface area (Å²) in [4.78, 5) is 0.164. The Morgan fingerprint density at radius 2 is 2.00 bits per heavy atom. The third-order valence-electron chi connectivity index (χ3n) is 1.91. The van der Waals surface area contributed by atoms with Crippen molar-refractivity contribution < 1.29 is 13.2 Å². The lowest BCUT2D eigenvalue weighted by atomic mass is 10.2. The first-order valence-corrected chi connectivity index (χ1v) is 5.37. The SMILES string of the molecule is NS(=O)(=O)c1ccccc1C1CO1. The molecule has 0 aromatic heterocycles. The zero-order valence-electron chi connectivity index (χ0n) is 6.80. The highest BCUT2D eigenvalue weighted by Crippen LogP contribution is 2.33. The Morgan fingerprint density at radius 1 is 1.38 bits per heavy atom. The van der Waals surface area contributed by atoms with Crippen molar-refractivity contribution in [3.8, 4) is 0 Å². The standard InChI is InChI=1S/C8H9NO3S/c9-13(10,11)8-4-2-1-3-6(8)7-5-12-7/h1-4,7H,5H2,(H2,9,10,11). The average Bonchev–Trinajstić information content (AvgIpc) is 2.85. The van der Waals surface area contributed by atoms with E-state index in [4.69, 9.17) is 9.88 Å². The van der Waals surface area contributed by atoms with E-state index in [1.807, 2.05) is 0 Å². The van der Waals surface area contributed by atoms with Crippen molar-refractivity contribution in [2.24, 2.45) is 5.14 Å². The smallest absolute Gasteiger partial charge is 0.238 e. The lowest BCUT2D eigenvalue weighted by Crippen LogP contribution is -2.14. The Balaban J connectivity index is 2.55. The van der Waals surface area contributed by atoms with Crippen molar-refractivity contribution in [3.63, 3.8) is 0 Å². The second-order valence-corrected chi connectivity index (χ2v) is 4.43. The molecule has 4 nitrogen and oxygen atoms in total. The van der Waals surface area contributed by atoms with Gasteiger partial charge in [-0.25, -0.2) is 13.6 Å². The summed E-state index contributed by atoms with van der Waals surface area (Å²) >= 11 is 0. The van der Waals surface area contributed by atoms with Gasteiger partial charge in [-0.2, -0.15) is 0 Å². The molecule has 70 valence electrons. The van der Waals surface area contributed by atoms with Crippen LogP contribution in [0.5, 0.6) is 0 Å². The topological polar surface area (TPSA) is 72.7 Å². The highest BCUT2D eigenvalue weighted by atomic mass is 32.2. The first-order chi connectivity index (χ1) is 6.09. The predicted octanol–water partition coefficient (Wildman–Crippen LogP) is 0.405. The summed E-state index contributed by atoms with van der Waals surface area (Å²) in [5, 5.41) is 5.04. The van der Waals surface area contributed by atoms with Crippen molar-refractivity contribution in [2.75, 3.05) is 6.61 Å². The number of rotatable bonds is 2. The van der Waals surface area contributed by atoms with Crippen LogP contribution in [0.25, 0.3) is 0 Å². The first-order valence-electron chi connectivity index (χ1n) is 3.82. The van der Waals surface area contributed by atoms with E-state index >= 15 is 0 Å². The van der Waals surface area contributed by atoms with Crippen molar-refractivity contribution >= 4 is 10.0 Å². The largest absolute Gasteiger partial charge is 0.368 e. The molecule has 0 amide bonds. The van der Waals surface area contributed by atoms with Gasteiger partial charge >= 0.3 is 0 Å². The van der Waals surface area contributed by atoms with Gasteiger partial charge in [0.25, 0.3) is 0 Å². The third kappa shape index (κ3) is 1.72. The molecule has 1 aromatic carbocycles. The molecule has 0 radical (unpaired) electrons. The van der Waals surface area contributed by atoms with Crippen molar-refractivity contribution in [2.45, 2.75) is 11.0 Å². The number of epoxide rings is 1. The van der Waals surface area contributed by atoms with Gasteiger partial charge in [0.05, 0.1) is 11.5 Å². The summed E-state index contributed by atoms with van der Waals surface area (Å²) in [6, 6.07) is 6.63. The van der Waals surface area contributed by atoms with E-state index in [-0.39, 0.29) is 11.0 Å². The maximum atomic E-state index is 11.1. The number of hydrogen-bond acceptors (Lipinski definition) is 3. The molecule has 1 fully saturated rings. The first kappa shape index (κ1) is 8.68. The highest BCUT2D eigenvalue weighted by Gasteiger charge is 2.29. The fraction of sp³-hybridized carbons (Fsp3) is 0.250. The molecule has 2 rings (SSSR count). The van der Waals surface area contributed by atoms with Gasteiger partial charge in [0.15, 0.2) is 0 Å². The van der Waals surface area contributed by atoms with Gasteiger partial charge in [-0.05, 0) is 6.07 Å². The molecule has 0 bridgehead atoms. The molecule has 1 aliphatic rings. The van der Waals surface area contributed by atoms with Crippen LogP contribution in [0.15, 0.2) is 29.2 Å². The molecule has 1 heterocycles. The van der Waals surface area contributed by atoms with Crippen LogP contribution >= 0.6 is 0 Å². The molecule has 1 saturated heterocycles. The van der Waals surface area contributed by atoms with Crippen LogP contribution in [0.1, 0.15) is 11.7 Å². The van der Waals surface area contributed by atoms with E-state index < -0.39 is 10.0 Å². The lowest BCUT2D eigenvalue weighted by Gasteiger charge is -2.03. The summed E-state index contributed by atoms with van der Waals surface area (Å²) in [5.41, 5.74) is 0.657. The van der Waals surface area contributed by atoms with Gasteiger partial charge in [0.2, 0.25) is 10.0 Å².